The van der Waals surface area contributed by atoms with Gasteiger partial charge < -0.3 is 9.47 Å². The Hall–Kier alpha value is -1.51. The molecule has 0 aromatic heterocycles. The largest absolute Gasteiger partial charge is 0.493 e. The second-order valence-corrected chi connectivity index (χ2v) is 3.14. The van der Waals surface area contributed by atoms with Crippen LogP contribution in [0.15, 0.2) is 24.3 Å². The van der Waals surface area contributed by atoms with Gasteiger partial charge in [0.15, 0.2) is 0 Å². The molecule has 1 aromatic rings. The van der Waals surface area contributed by atoms with Crippen LogP contribution in [0.25, 0.3) is 0 Å². The second kappa shape index (κ2) is 6.06. The standard InChI is InChI=1S/C12H16O3/c1-3-10-6-4-5-7-11(10)15-9-8-12(13)14-2/h4-7H,3,8-9H2,1-2H3. The van der Waals surface area contributed by atoms with Crippen molar-refractivity contribution < 1.29 is 14.3 Å². The summed E-state index contributed by atoms with van der Waals surface area (Å²) >= 11 is 0. The lowest BCUT2D eigenvalue weighted by atomic mass is 10.1. The number of benzene rings is 1. The Morgan fingerprint density at radius 3 is 2.73 bits per heavy atom. The number of carbonyl (C=O) groups is 1. The van der Waals surface area contributed by atoms with Gasteiger partial charge in [0.05, 0.1) is 20.1 Å². The summed E-state index contributed by atoms with van der Waals surface area (Å²) < 4.78 is 10.0. The molecule has 0 atom stereocenters. The fourth-order valence-corrected chi connectivity index (χ4v) is 1.28. The average Bonchev–Trinajstić information content (AvgIpc) is 2.29. The van der Waals surface area contributed by atoms with Crippen LogP contribution < -0.4 is 4.74 Å². The summed E-state index contributed by atoms with van der Waals surface area (Å²) in [7, 11) is 1.38. The van der Waals surface area contributed by atoms with Crippen LogP contribution in [0.3, 0.4) is 0 Å². The van der Waals surface area contributed by atoms with E-state index < -0.39 is 0 Å². The van der Waals surface area contributed by atoms with E-state index in [9.17, 15) is 4.79 Å². The Labute approximate surface area is 90.0 Å². The maximum absolute atomic E-state index is 10.9. The van der Waals surface area contributed by atoms with E-state index in [1.54, 1.807) is 0 Å². The summed E-state index contributed by atoms with van der Waals surface area (Å²) in [4.78, 5) is 10.9. The summed E-state index contributed by atoms with van der Waals surface area (Å²) in [6, 6.07) is 7.84. The topological polar surface area (TPSA) is 35.5 Å². The van der Waals surface area contributed by atoms with Crippen LogP contribution in [0, 0.1) is 0 Å². The van der Waals surface area contributed by atoms with Gasteiger partial charge in [0.25, 0.3) is 0 Å². The molecule has 0 N–H and O–H groups in total. The molecule has 15 heavy (non-hydrogen) atoms. The molecule has 0 saturated carbocycles. The smallest absolute Gasteiger partial charge is 0.308 e. The molecule has 0 amide bonds. The van der Waals surface area contributed by atoms with Crippen molar-refractivity contribution in [3.8, 4) is 5.75 Å². The zero-order valence-corrected chi connectivity index (χ0v) is 9.16. The third-order valence-corrected chi connectivity index (χ3v) is 2.14. The van der Waals surface area contributed by atoms with E-state index in [4.69, 9.17) is 4.74 Å². The van der Waals surface area contributed by atoms with Gasteiger partial charge in [-0.1, -0.05) is 25.1 Å². The van der Waals surface area contributed by atoms with Crippen molar-refractivity contribution in [1.29, 1.82) is 0 Å². The molecule has 3 nitrogen and oxygen atoms in total. The molecule has 82 valence electrons. The minimum absolute atomic E-state index is 0.246. The van der Waals surface area contributed by atoms with Gasteiger partial charge in [0.2, 0.25) is 0 Å². The predicted molar refractivity (Wildman–Crippen MR) is 57.9 cm³/mol. The highest BCUT2D eigenvalue weighted by Gasteiger charge is 2.03. The highest BCUT2D eigenvalue weighted by Crippen LogP contribution is 2.18. The average molecular weight is 208 g/mol. The molecule has 0 radical (unpaired) electrons. The van der Waals surface area contributed by atoms with Crippen molar-refractivity contribution in [2.45, 2.75) is 19.8 Å². The first kappa shape index (κ1) is 11.6. The Morgan fingerprint density at radius 2 is 2.07 bits per heavy atom. The zero-order valence-electron chi connectivity index (χ0n) is 9.16. The fraction of sp³-hybridized carbons (Fsp3) is 0.417. The number of methoxy groups -OCH3 is 1. The van der Waals surface area contributed by atoms with Crippen LogP contribution in [0.4, 0.5) is 0 Å². The molecule has 0 aliphatic rings. The number of aryl methyl sites for hydroxylation is 1. The number of para-hydroxylation sites is 1. The molecule has 0 saturated heterocycles. The SMILES string of the molecule is CCc1ccccc1OCCC(=O)OC. The number of carbonyl (C=O) groups excluding carboxylic acids is 1. The van der Waals surface area contributed by atoms with Gasteiger partial charge in [-0.2, -0.15) is 0 Å². The Kier molecular flexibility index (Phi) is 4.68. The number of esters is 1. The summed E-state index contributed by atoms with van der Waals surface area (Å²) in [5.74, 6) is 0.605. The fourth-order valence-electron chi connectivity index (χ4n) is 1.28. The van der Waals surface area contributed by atoms with Crippen molar-refractivity contribution in [2.24, 2.45) is 0 Å². The van der Waals surface area contributed by atoms with Gasteiger partial charge in [-0.05, 0) is 18.1 Å². The second-order valence-electron chi connectivity index (χ2n) is 3.14. The predicted octanol–water partition coefficient (Wildman–Crippen LogP) is 2.19. The molecule has 3 heteroatoms. The first-order valence-electron chi connectivity index (χ1n) is 5.05. The Morgan fingerprint density at radius 1 is 1.33 bits per heavy atom. The molecule has 1 aromatic carbocycles. The minimum Gasteiger partial charge on any atom is -0.493 e. The Balaban J connectivity index is 2.46. The first-order chi connectivity index (χ1) is 7.27. The number of ether oxygens (including phenoxy) is 2. The lowest BCUT2D eigenvalue weighted by Gasteiger charge is -2.09. The van der Waals surface area contributed by atoms with Crippen molar-refractivity contribution in [2.75, 3.05) is 13.7 Å². The van der Waals surface area contributed by atoms with Crippen LogP contribution in [0.5, 0.6) is 5.75 Å². The first-order valence-corrected chi connectivity index (χ1v) is 5.05. The van der Waals surface area contributed by atoms with Crippen molar-refractivity contribution >= 4 is 5.97 Å². The van der Waals surface area contributed by atoms with Gasteiger partial charge in [0, 0.05) is 0 Å². The Bertz CT molecular complexity index is 320. The molecule has 0 heterocycles. The monoisotopic (exact) mass is 208 g/mol. The van der Waals surface area contributed by atoms with E-state index in [-0.39, 0.29) is 12.4 Å². The van der Waals surface area contributed by atoms with Gasteiger partial charge in [-0.25, -0.2) is 0 Å². The van der Waals surface area contributed by atoms with Crippen LogP contribution in [-0.4, -0.2) is 19.7 Å². The maximum atomic E-state index is 10.9. The highest BCUT2D eigenvalue weighted by atomic mass is 16.5. The summed E-state index contributed by atoms with van der Waals surface area (Å²) in [6.45, 7) is 2.44. The molecular formula is C12H16O3. The molecule has 0 spiro atoms. The van der Waals surface area contributed by atoms with E-state index in [2.05, 4.69) is 11.7 Å². The van der Waals surface area contributed by atoms with Crippen molar-refractivity contribution in [3.63, 3.8) is 0 Å². The summed E-state index contributed by atoms with van der Waals surface area (Å²) in [5, 5.41) is 0. The third-order valence-electron chi connectivity index (χ3n) is 2.14. The molecule has 1 rings (SSSR count). The quantitative estimate of drug-likeness (QED) is 0.696. The normalized spacial score (nSPS) is 9.73. The van der Waals surface area contributed by atoms with Crippen LogP contribution >= 0.6 is 0 Å². The molecule has 0 aliphatic heterocycles. The van der Waals surface area contributed by atoms with Crippen molar-refractivity contribution in [1.82, 2.24) is 0 Å². The third kappa shape index (κ3) is 3.62. The molecule has 0 unspecified atom stereocenters. The molecular weight excluding hydrogens is 192 g/mol. The van der Waals surface area contributed by atoms with Gasteiger partial charge in [-0.3, -0.25) is 4.79 Å². The van der Waals surface area contributed by atoms with Crippen LogP contribution in [0.2, 0.25) is 0 Å². The van der Waals surface area contributed by atoms with Gasteiger partial charge in [-0.15, -0.1) is 0 Å². The van der Waals surface area contributed by atoms with E-state index in [0.29, 0.717) is 6.61 Å². The number of rotatable bonds is 5. The van der Waals surface area contributed by atoms with E-state index in [1.165, 1.54) is 7.11 Å². The highest BCUT2D eigenvalue weighted by molar-refractivity contribution is 5.69. The number of hydrogen-bond acceptors (Lipinski definition) is 3. The minimum atomic E-state index is -0.246. The summed E-state index contributed by atoms with van der Waals surface area (Å²) in [5.41, 5.74) is 1.15. The van der Waals surface area contributed by atoms with Crippen LogP contribution in [-0.2, 0) is 16.0 Å². The zero-order chi connectivity index (χ0) is 11.1. The molecule has 0 bridgehead atoms. The molecule has 0 fully saturated rings. The molecule has 0 aliphatic carbocycles. The summed E-state index contributed by atoms with van der Waals surface area (Å²) in [6.07, 6.45) is 1.21. The maximum Gasteiger partial charge on any atom is 0.308 e. The van der Waals surface area contributed by atoms with Gasteiger partial charge in [0.1, 0.15) is 5.75 Å². The van der Waals surface area contributed by atoms with Crippen molar-refractivity contribution in [3.05, 3.63) is 29.8 Å². The van der Waals surface area contributed by atoms with Crippen LogP contribution in [0.1, 0.15) is 18.9 Å². The van der Waals surface area contributed by atoms with E-state index >= 15 is 0 Å². The lowest BCUT2D eigenvalue weighted by molar-refractivity contribution is -0.141. The number of hydrogen-bond donors (Lipinski definition) is 0. The van der Waals surface area contributed by atoms with E-state index in [1.807, 2.05) is 24.3 Å². The van der Waals surface area contributed by atoms with E-state index in [0.717, 1.165) is 17.7 Å². The lowest BCUT2D eigenvalue weighted by Crippen LogP contribution is -2.08. The van der Waals surface area contributed by atoms with Gasteiger partial charge >= 0.3 is 5.97 Å².